The smallest absolute Gasteiger partial charge is 0.138 e. The zero-order valence-corrected chi connectivity index (χ0v) is 11.6. The van der Waals surface area contributed by atoms with E-state index in [9.17, 15) is 0 Å². The van der Waals surface area contributed by atoms with Gasteiger partial charge in [-0.05, 0) is 13.0 Å². The van der Waals surface area contributed by atoms with Gasteiger partial charge in [-0.25, -0.2) is 9.67 Å². The van der Waals surface area contributed by atoms with E-state index in [1.54, 1.807) is 12.7 Å². The second-order valence-electron chi connectivity index (χ2n) is 5.10. The Kier molecular flexibility index (Phi) is 2.60. The number of para-hydroxylation sites is 1. The molecule has 21 heavy (non-hydrogen) atoms. The first-order chi connectivity index (χ1) is 10.3. The molecule has 0 saturated carbocycles. The molecule has 0 aliphatic heterocycles. The van der Waals surface area contributed by atoms with E-state index < -0.39 is 0 Å². The summed E-state index contributed by atoms with van der Waals surface area (Å²) in [4.78, 5) is 7.57. The van der Waals surface area contributed by atoms with Crippen molar-refractivity contribution < 1.29 is 0 Å². The van der Waals surface area contributed by atoms with Crippen LogP contribution in [0, 0.1) is 6.92 Å². The summed E-state index contributed by atoms with van der Waals surface area (Å²) in [6.07, 6.45) is 3.29. The summed E-state index contributed by atoms with van der Waals surface area (Å²) in [5.74, 6) is 0. The highest BCUT2D eigenvalue weighted by Crippen LogP contribution is 2.32. The summed E-state index contributed by atoms with van der Waals surface area (Å²) in [6.45, 7) is 2.09. The molecule has 102 valence electrons. The van der Waals surface area contributed by atoms with E-state index in [-0.39, 0.29) is 0 Å². The van der Waals surface area contributed by atoms with Crippen molar-refractivity contribution in [2.75, 3.05) is 0 Å². The van der Waals surface area contributed by atoms with Crippen molar-refractivity contribution in [1.82, 2.24) is 19.7 Å². The van der Waals surface area contributed by atoms with Crippen molar-refractivity contribution in [3.05, 3.63) is 66.7 Å². The lowest BCUT2D eigenvalue weighted by molar-refractivity contribution is 0.887. The number of fused-ring (bicyclic) bond motifs is 1. The van der Waals surface area contributed by atoms with Crippen molar-refractivity contribution >= 4 is 10.9 Å². The summed E-state index contributed by atoms with van der Waals surface area (Å²) >= 11 is 0. The predicted molar refractivity (Wildman–Crippen MR) is 83.4 cm³/mol. The quantitative estimate of drug-likeness (QED) is 0.605. The molecule has 2 aromatic carbocycles. The van der Waals surface area contributed by atoms with E-state index >= 15 is 0 Å². The molecular formula is C17H14N4. The van der Waals surface area contributed by atoms with Crippen LogP contribution in [0.3, 0.4) is 0 Å². The third kappa shape index (κ3) is 1.92. The molecule has 0 spiro atoms. The summed E-state index contributed by atoms with van der Waals surface area (Å²) < 4.78 is 1.81. The van der Waals surface area contributed by atoms with Gasteiger partial charge in [0, 0.05) is 16.5 Å². The van der Waals surface area contributed by atoms with Gasteiger partial charge in [-0.3, -0.25) is 0 Å². The fourth-order valence-corrected chi connectivity index (χ4v) is 2.62. The van der Waals surface area contributed by atoms with Gasteiger partial charge < -0.3 is 4.98 Å². The minimum absolute atomic E-state index is 1.03. The summed E-state index contributed by atoms with van der Waals surface area (Å²) in [7, 11) is 0. The van der Waals surface area contributed by atoms with Gasteiger partial charge in [0.25, 0.3) is 0 Å². The Labute approximate surface area is 122 Å². The second kappa shape index (κ2) is 4.59. The highest BCUT2D eigenvalue weighted by molar-refractivity contribution is 5.96. The third-order valence-electron chi connectivity index (χ3n) is 3.67. The normalized spacial score (nSPS) is 11.1. The van der Waals surface area contributed by atoms with Gasteiger partial charge >= 0.3 is 0 Å². The molecule has 2 aromatic heterocycles. The van der Waals surface area contributed by atoms with Gasteiger partial charge in [0.15, 0.2) is 0 Å². The van der Waals surface area contributed by atoms with Crippen LogP contribution < -0.4 is 0 Å². The van der Waals surface area contributed by atoms with E-state index in [1.165, 1.54) is 5.56 Å². The average Bonchev–Trinajstić information content (AvgIpc) is 3.14. The molecule has 0 fully saturated rings. The molecule has 4 nitrogen and oxygen atoms in total. The largest absolute Gasteiger partial charge is 0.353 e. The molecule has 1 N–H and O–H groups in total. The number of hydrogen-bond acceptors (Lipinski definition) is 2. The van der Waals surface area contributed by atoms with Crippen molar-refractivity contribution in [1.29, 1.82) is 0 Å². The van der Waals surface area contributed by atoms with Crippen LogP contribution >= 0.6 is 0 Å². The highest BCUT2D eigenvalue weighted by Gasteiger charge is 2.15. The molecule has 4 heteroatoms. The van der Waals surface area contributed by atoms with Crippen molar-refractivity contribution in [2.45, 2.75) is 6.92 Å². The van der Waals surface area contributed by atoms with E-state index in [0.717, 1.165) is 27.8 Å². The van der Waals surface area contributed by atoms with Crippen LogP contribution in [0.15, 0.2) is 61.2 Å². The summed E-state index contributed by atoms with van der Waals surface area (Å²) in [6, 6.07) is 16.7. The van der Waals surface area contributed by atoms with Crippen LogP contribution in [0.4, 0.5) is 0 Å². The van der Waals surface area contributed by atoms with E-state index in [4.69, 9.17) is 0 Å². The number of hydrogen-bond donors (Lipinski definition) is 1. The van der Waals surface area contributed by atoms with E-state index in [1.807, 2.05) is 16.8 Å². The average molecular weight is 274 g/mol. The van der Waals surface area contributed by atoms with Gasteiger partial charge in [-0.15, -0.1) is 0 Å². The number of benzene rings is 2. The van der Waals surface area contributed by atoms with Gasteiger partial charge in [0.05, 0.1) is 11.4 Å². The number of nitrogens with one attached hydrogen (secondary N) is 1. The molecule has 4 aromatic rings. The highest BCUT2D eigenvalue weighted by atomic mass is 15.3. The Morgan fingerprint density at radius 2 is 1.81 bits per heavy atom. The van der Waals surface area contributed by atoms with Crippen molar-refractivity contribution in [3.8, 4) is 16.9 Å². The topological polar surface area (TPSA) is 46.5 Å². The molecule has 0 saturated heterocycles. The third-order valence-corrected chi connectivity index (χ3v) is 3.67. The van der Waals surface area contributed by atoms with Gasteiger partial charge in [0.1, 0.15) is 12.7 Å². The zero-order chi connectivity index (χ0) is 14.2. The maximum Gasteiger partial charge on any atom is 0.138 e. The lowest BCUT2D eigenvalue weighted by Gasteiger charge is -2.05. The molecule has 0 aliphatic carbocycles. The zero-order valence-electron chi connectivity index (χ0n) is 11.6. The Hall–Kier alpha value is -2.88. The van der Waals surface area contributed by atoms with Crippen LogP contribution in [0.5, 0.6) is 0 Å². The second-order valence-corrected chi connectivity index (χ2v) is 5.10. The Morgan fingerprint density at radius 3 is 2.57 bits per heavy atom. The Morgan fingerprint density at radius 1 is 1.00 bits per heavy atom. The molecular weight excluding hydrogens is 260 g/mol. The Bertz CT molecular complexity index is 886. The first kappa shape index (κ1) is 11.9. The molecule has 0 radical (unpaired) electrons. The monoisotopic (exact) mass is 274 g/mol. The molecule has 0 bridgehead atoms. The number of rotatable bonds is 2. The molecule has 0 amide bonds. The summed E-state index contributed by atoms with van der Waals surface area (Å²) in [5, 5.41) is 5.44. The van der Waals surface area contributed by atoms with Crippen LogP contribution in [0.1, 0.15) is 5.56 Å². The number of aromatic amines is 1. The minimum Gasteiger partial charge on any atom is -0.353 e. The number of H-pyrrole nitrogens is 1. The molecule has 2 heterocycles. The molecule has 0 unspecified atom stereocenters. The number of aryl methyl sites for hydroxylation is 1. The van der Waals surface area contributed by atoms with E-state index in [2.05, 4.69) is 58.4 Å². The predicted octanol–water partition coefficient (Wildman–Crippen LogP) is 3.72. The SMILES string of the molecule is Cc1ccc(-c2[nH]c3ccccc3c2-n2cncn2)cc1. The molecule has 0 aliphatic rings. The van der Waals surface area contributed by atoms with Gasteiger partial charge in [-0.2, -0.15) is 5.10 Å². The van der Waals surface area contributed by atoms with Crippen molar-refractivity contribution in [2.24, 2.45) is 0 Å². The van der Waals surface area contributed by atoms with Crippen LogP contribution in [-0.4, -0.2) is 19.7 Å². The fourth-order valence-electron chi connectivity index (χ4n) is 2.62. The molecule has 4 rings (SSSR count). The number of aromatic nitrogens is 4. The lowest BCUT2D eigenvalue weighted by atomic mass is 10.1. The first-order valence-electron chi connectivity index (χ1n) is 6.86. The van der Waals surface area contributed by atoms with Gasteiger partial charge in [-0.1, -0.05) is 48.0 Å². The van der Waals surface area contributed by atoms with Crippen LogP contribution in [-0.2, 0) is 0 Å². The first-order valence-corrected chi connectivity index (χ1v) is 6.86. The van der Waals surface area contributed by atoms with Crippen molar-refractivity contribution in [3.63, 3.8) is 0 Å². The maximum absolute atomic E-state index is 4.30. The summed E-state index contributed by atoms with van der Waals surface area (Å²) in [5.41, 5.74) is 5.58. The van der Waals surface area contributed by atoms with Gasteiger partial charge in [0.2, 0.25) is 0 Å². The van der Waals surface area contributed by atoms with Crippen LogP contribution in [0.25, 0.3) is 27.8 Å². The minimum atomic E-state index is 1.03. The number of nitrogens with zero attached hydrogens (tertiary/aromatic N) is 3. The van der Waals surface area contributed by atoms with Crippen LogP contribution in [0.2, 0.25) is 0 Å². The fraction of sp³-hybridized carbons (Fsp3) is 0.0588. The molecule has 0 atom stereocenters. The Balaban J connectivity index is 2.04. The maximum atomic E-state index is 4.30. The standard InChI is InChI=1S/C17H14N4/c1-12-6-8-13(9-7-12)16-17(21-11-18-10-19-21)14-4-2-3-5-15(14)20-16/h2-11,20H,1H3. The lowest BCUT2D eigenvalue weighted by Crippen LogP contribution is -1.95. The van der Waals surface area contributed by atoms with E-state index in [0.29, 0.717) is 0 Å².